The molecule has 126 valence electrons. The Hall–Kier alpha value is -2.16. The molecule has 0 radical (unpaired) electrons. The van der Waals surface area contributed by atoms with Crippen LogP contribution in [-0.2, 0) is 19.6 Å². The number of ether oxygens (including phenoxy) is 1. The zero-order valence-corrected chi connectivity index (χ0v) is 13.8. The van der Waals surface area contributed by atoms with Crippen LogP contribution in [-0.4, -0.2) is 50.3 Å². The van der Waals surface area contributed by atoms with E-state index in [-0.39, 0.29) is 29.7 Å². The number of carbonyl (C=O) groups is 2. The van der Waals surface area contributed by atoms with Gasteiger partial charge in [-0.3, -0.25) is 9.59 Å². The Kier molecular flexibility index (Phi) is 5.19. The van der Waals surface area contributed by atoms with Crippen molar-refractivity contribution >= 4 is 21.8 Å². The lowest BCUT2D eigenvalue weighted by atomic mass is 9.96. The van der Waals surface area contributed by atoms with Crippen molar-refractivity contribution in [3.8, 4) is 5.88 Å². The van der Waals surface area contributed by atoms with Crippen molar-refractivity contribution < 1.29 is 22.7 Å². The molecule has 0 aromatic carbocycles. The summed E-state index contributed by atoms with van der Waals surface area (Å²) >= 11 is 0. The largest absolute Gasteiger partial charge is 0.477 e. The maximum absolute atomic E-state index is 12.4. The molecule has 1 aliphatic heterocycles. The molecule has 0 spiro atoms. The molecule has 1 atom stereocenters. The van der Waals surface area contributed by atoms with Crippen LogP contribution in [0.25, 0.3) is 0 Å². The summed E-state index contributed by atoms with van der Waals surface area (Å²) in [6, 6.07) is 2.76. The summed E-state index contributed by atoms with van der Waals surface area (Å²) in [5.41, 5.74) is 0. The first-order valence-corrected chi connectivity index (χ1v) is 8.72. The molecule has 1 fully saturated rings. The van der Waals surface area contributed by atoms with Crippen LogP contribution in [0.5, 0.6) is 5.88 Å². The summed E-state index contributed by atoms with van der Waals surface area (Å²) in [4.78, 5) is 29.0. The lowest BCUT2D eigenvalue weighted by molar-refractivity contribution is -0.138. The van der Waals surface area contributed by atoms with Crippen LogP contribution >= 0.6 is 0 Å². The number of likely N-dealkylation sites (tertiary alicyclic amines) is 1. The standard InChI is InChI=1S/C14H19N3O5S/c1-3-22-14-11(5-4-7-15-14)23(20,21)16-13(19)10-6-8-17(2)12(18)9-10/h4-5,7,10H,3,6,8-9H2,1-2H3,(H,16,19). The van der Waals surface area contributed by atoms with Crippen molar-refractivity contribution in [1.29, 1.82) is 0 Å². The maximum atomic E-state index is 12.4. The Morgan fingerprint density at radius 3 is 2.91 bits per heavy atom. The Balaban J connectivity index is 2.15. The molecule has 1 saturated heterocycles. The number of aromatic nitrogens is 1. The van der Waals surface area contributed by atoms with Gasteiger partial charge >= 0.3 is 0 Å². The van der Waals surface area contributed by atoms with E-state index in [0.29, 0.717) is 13.0 Å². The molecule has 2 rings (SSSR count). The fraction of sp³-hybridized carbons (Fsp3) is 0.500. The van der Waals surface area contributed by atoms with Crippen LogP contribution in [0.3, 0.4) is 0 Å². The second-order valence-corrected chi connectivity index (χ2v) is 6.87. The fourth-order valence-corrected chi connectivity index (χ4v) is 3.40. The van der Waals surface area contributed by atoms with Gasteiger partial charge in [-0.2, -0.15) is 0 Å². The summed E-state index contributed by atoms with van der Waals surface area (Å²) in [7, 11) is -2.45. The van der Waals surface area contributed by atoms with E-state index >= 15 is 0 Å². The third kappa shape index (κ3) is 3.98. The first kappa shape index (κ1) is 17.2. The molecule has 0 saturated carbocycles. The average molecular weight is 341 g/mol. The number of pyridine rings is 1. The highest BCUT2D eigenvalue weighted by molar-refractivity contribution is 7.90. The second-order valence-electron chi connectivity index (χ2n) is 5.21. The van der Waals surface area contributed by atoms with E-state index in [1.165, 1.54) is 23.2 Å². The molecular formula is C14H19N3O5S. The number of nitrogens with one attached hydrogen (secondary N) is 1. The van der Waals surface area contributed by atoms with Gasteiger partial charge in [0.25, 0.3) is 10.0 Å². The Bertz CT molecular complexity index is 704. The van der Waals surface area contributed by atoms with Crippen LogP contribution in [0.15, 0.2) is 23.2 Å². The third-order valence-electron chi connectivity index (χ3n) is 3.57. The molecule has 1 N–H and O–H groups in total. The molecule has 1 aliphatic rings. The molecule has 23 heavy (non-hydrogen) atoms. The number of hydrogen-bond acceptors (Lipinski definition) is 6. The maximum Gasteiger partial charge on any atom is 0.269 e. The Morgan fingerprint density at radius 1 is 1.52 bits per heavy atom. The van der Waals surface area contributed by atoms with Crippen LogP contribution in [0.4, 0.5) is 0 Å². The minimum absolute atomic E-state index is 0.00318. The second kappa shape index (κ2) is 6.95. The molecule has 0 bridgehead atoms. The quantitative estimate of drug-likeness (QED) is 0.817. The number of sulfonamides is 1. The topological polar surface area (TPSA) is 106 Å². The van der Waals surface area contributed by atoms with Gasteiger partial charge in [0.15, 0.2) is 0 Å². The van der Waals surface area contributed by atoms with Crippen molar-refractivity contribution in [1.82, 2.24) is 14.6 Å². The van der Waals surface area contributed by atoms with Crippen molar-refractivity contribution in [2.75, 3.05) is 20.2 Å². The van der Waals surface area contributed by atoms with Gasteiger partial charge in [-0.15, -0.1) is 0 Å². The minimum Gasteiger partial charge on any atom is -0.477 e. The summed E-state index contributed by atoms with van der Waals surface area (Å²) < 4.78 is 32.0. The van der Waals surface area contributed by atoms with Crippen molar-refractivity contribution in [3.05, 3.63) is 18.3 Å². The van der Waals surface area contributed by atoms with E-state index in [2.05, 4.69) is 4.98 Å². The molecule has 1 aromatic heterocycles. The highest BCUT2D eigenvalue weighted by Crippen LogP contribution is 2.22. The molecule has 8 nitrogen and oxygen atoms in total. The zero-order chi connectivity index (χ0) is 17.0. The van der Waals surface area contributed by atoms with E-state index in [4.69, 9.17) is 4.74 Å². The van der Waals surface area contributed by atoms with E-state index < -0.39 is 21.8 Å². The number of hydrogen-bond donors (Lipinski definition) is 1. The van der Waals surface area contributed by atoms with Gasteiger partial charge in [0.1, 0.15) is 4.90 Å². The van der Waals surface area contributed by atoms with E-state index in [9.17, 15) is 18.0 Å². The van der Waals surface area contributed by atoms with E-state index in [0.717, 1.165) is 0 Å². The van der Waals surface area contributed by atoms with Gasteiger partial charge < -0.3 is 9.64 Å². The molecule has 0 aliphatic carbocycles. The van der Waals surface area contributed by atoms with Gasteiger partial charge in [-0.25, -0.2) is 18.1 Å². The number of amides is 2. The number of nitrogens with zero attached hydrogens (tertiary/aromatic N) is 2. The first-order chi connectivity index (χ1) is 10.8. The molecule has 2 heterocycles. The fourth-order valence-electron chi connectivity index (χ4n) is 2.26. The van der Waals surface area contributed by atoms with Gasteiger partial charge in [-0.1, -0.05) is 0 Å². The SMILES string of the molecule is CCOc1ncccc1S(=O)(=O)NC(=O)C1CCN(C)C(=O)C1. The predicted molar refractivity (Wildman–Crippen MR) is 81.1 cm³/mol. The minimum atomic E-state index is -4.10. The highest BCUT2D eigenvalue weighted by atomic mass is 32.2. The van der Waals surface area contributed by atoms with Crippen LogP contribution in [0.1, 0.15) is 19.8 Å². The highest BCUT2D eigenvalue weighted by Gasteiger charge is 2.32. The number of rotatable bonds is 5. The van der Waals surface area contributed by atoms with Crippen LogP contribution < -0.4 is 9.46 Å². The van der Waals surface area contributed by atoms with E-state index in [1.807, 2.05) is 4.72 Å². The summed E-state index contributed by atoms with van der Waals surface area (Å²) in [5, 5.41) is 0. The van der Waals surface area contributed by atoms with Gasteiger partial charge in [0.05, 0.1) is 6.61 Å². The first-order valence-electron chi connectivity index (χ1n) is 7.23. The van der Waals surface area contributed by atoms with Crippen LogP contribution in [0.2, 0.25) is 0 Å². The van der Waals surface area contributed by atoms with Crippen molar-refractivity contribution in [2.45, 2.75) is 24.7 Å². The summed E-state index contributed by atoms with van der Waals surface area (Å²) in [6.07, 6.45) is 1.83. The Morgan fingerprint density at radius 2 is 2.26 bits per heavy atom. The molecule has 2 amide bonds. The molecular weight excluding hydrogens is 322 g/mol. The number of carbonyl (C=O) groups excluding carboxylic acids is 2. The van der Waals surface area contributed by atoms with Gasteiger partial charge in [0, 0.05) is 32.1 Å². The summed E-state index contributed by atoms with van der Waals surface area (Å²) in [5.74, 6) is -1.57. The summed E-state index contributed by atoms with van der Waals surface area (Å²) in [6.45, 7) is 2.37. The lowest BCUT2D eigenvalue weighted by Crippen LogP contribution is -2.43. The normalized spacial score (nSPS) is 18.6. The third-order valence-corrected chi connectivity index (χ3v) is 4.93. The lowest BCUT2D eigenvalue weighted by Gasteiger charge is -2.27. The smallest absolute Gasteiger partial charge is 0.269 e. The average Bonchev–Trinajstić information content (AvgIpc) is 2.50. The van der Waals surface area contributed by atoms with Gasteiger partial charge in [-0.05, 0) is 25.5 Å². The zero-order valence-electron chi connectivity index (χ0n) is 13.0. The molecule has 1 unspecified atom stereocenters. The van der Waals surface area contributed by atoms with E-state index in [1.54, 1.807) is 14.0 Å². The van der Waals surface area contributed by atoms with Crippen molar-refractivity contribution in [2.24, 2.45) is 5.92 Å². The molecule has 9 heteroatoms. The Labute approximate surface area is 134 Å². The van der Waals surface area contributed by atoms with Crippen molar-refractivity contribution in [3.63, 3.8) is 0 Å². The van der Waals surface area contributed by atoms with Gasteiger partial charge in [0.2, 0.25) is 17.7 Å². The predicted octanol–water partition coefficient (Wildman–Crippen LogP) is 0.154. The molecule has 1 aromatic rings. The number of piperidine rings is 1. The van der Waals surface area contributed by atoms with Crippen LogP contribution in [0, 0.1) is 5.92 Å². The monoisotopic (exact) mass is 341 g/mol.